The van der Waals surface area contributed by atoms with Gasteiger partial charge in [-0.15, -0.1) is 0 Å². The second-order valence-corrected chi connectivity index (χ2v) is 6.27. The van der Waals surface area contributed by atoms with E-state index in [-0.39, 0.29) is 18.4 Å². The molecule has 1 amide bonds. The van der Waals surface area contributed by atoms with Crippen LogP contribution < -0.4 is 5.32 Å². The Morgan fingerprint density at radius 2 is 1.74 bits per heavy atom. The highest BCUT2D eigenvalue weighted by atomic mass is 19.4. The second kappa shape index (κ2) is 9.37. The molecule has 0 aliphatic carbocycles. The predicted molar refractivity (Wildman–Crippen MR) is 99.0 cm³/mol. The smallest absolute Gasteiger partial charge is 0.396 e. The number of halogens is 3. The molecule has 0 radical (unpaired) electrons. The largest absolute Gasteiger partial charge is 0.416 e. The van der Waals surface area contributed by atoms with Crippen molar-refractivity contribution in [1.29, 1.82) is 0 Å². The molecular weight excluding hydrogens is 355 g/mol. The number of hydrogen-bond donors (Lipinski definition) is 2. The van der Waals surface area contributed by atoms with Crippen molar-refractivity contribution in [1.82, 2.24) is 5.32 Å². The summed E-state index contributed by atoms with van der Waals surface area (Å²) in [6, 6.07) is 14.3. The Morgan fingerprint density at radius 1 is 1.11 bits per heavy atom. The summed E-state index contributed by atoms with van der Waals surface area (Å²) < 4.78 is 37.8. The van der Waals surface area contributed by atoms with Crippen LogP contribution in [0.25, 0.3) is 5.57 Å². The molecule has 1 unspecified atom stereocenters. The lowest BCUT2D eigenvalue weighted by atomic mass is 9.96. The van der Waals surface area contributed by atoms with Crippen LogP contribution in [0.4, 0.5) is 13.2 Å². The van der Waals surface area contributed by atoms with E-state index in [9.17, 15) is 23.1 Å². The van der Waals surface area contributed by atoms with Crippen molar-refractivity contribution in [3.63, 3.8) is 0 Å². The number of hydrogen-bond acceptors (Lipinski definition) is 2. The zero-order chi connectivity index (χ0) is 19.9. The van der Waals surface area contributed by atoms with E-state index in [1.807, 2.05) is 30.3 Å². The molecule has 3 nitrogen and oxygen atoms in total. The summed E-state index contributed by atoms with van der Waals surface area (Å²) in [6.07, 6.45) is -2.50. The molecule has 2 aromatic carbocycles. The van der Waals surface area contributed by atoms with E-state index in [2.05, 4.69) is 5.32 Å². The van der Waals surface area contributed by atoms with Gasteiger partial charge in [0.15, 0.2) is 0 Å². The van der Waals surface area contributed by atoms with Crippen molar-refractivity contribution in [3.05, 3.63) is 77.4 Å². The maximum absolute atomic E-state index is 12.6. The number of carbonyl (C=O) groups is 1. The molecule has 0 spiro atoms. The Balaban J connectivity index is 2.00. The summed E-state index contributed by atoms with van der Waals surface area (Å²) in [5, 5.41) is 12.0. The Hall–Kier alpha value is -2.60. The van der Waals surface area contributed by atoms with Crippen molar-refractivity contribution < 1.29 is 23.1 Å². The summed E-state index contributed by atoms with van der Waals surface area (Å²) in [5.74, 6) is -0.341. The SMILES string of the molecule is C/C(=C\C(=O)NCC(CCO)c1ccccc1)c1ccc(C(F)(F)F)cc1. The van der Waals surface area contributed by atoms with E-state index >= 15 is 0 Å². The van der Waals surface area contributed by atoms with Gasteiger partial charge >= 0.3 is 6.18 Å². The minimum atomic E-state index is -4.38. The van der Waals surface area contributed by atoms with Crippen molar-refractivity contribution in [2.45, 2.75) is 25.4 Å². The Labute approximate surface area is 156 Å². The molecule has 0 fully saturated rings. The summed E-state index contributed by atoms with van der Waals surface area (Å²) in [7, 11) is 0. The summed E-state index contributed by atoms with van der Waals surface area (Å²) >= 11 is 0. The van der Waals surface area contributed by atoms with Gasteiger partial charge < -0.3 is 10.4 Å². The van der Waals surface area contributed by atoms with Gasteiger partial charge in [-0.2, -0.15) is 13.2 Å². The molecular formula is C21H22F3NO2. The summed E-state index contributed by atoms with van der Waals surface area (Å²) in [6.45, 7) is 2.04. The van der Waals surface area contributed by atoms with Crippen molar-refractivity contribution in [3.8, 4) is 0 Å². The van der Waals surface area contributed by atoms with Gasteiger partial charge in [0, 0.05) is 25.1 Å². The minimum Gasteiger partial charge on any atom is -0.396 e. The number of nitrogens with one attached hydrogen (secondary N) is 1. The van der Waals surface area contributed by atoms with Gasteiger partial charge in [-0.1, -0.05) is 42.5 Å². The zero-order valence-corrected chi connectivity index (χ0v) is 15.0. The van der Waals surface area contributed by atoms with E-state index < -0.39 is 11.7 Å². The standard InChI is InChI=1S/C21H22F3NO2/c1-15(16-7-9-19(10-8-16)21(22,23)24)13-20(27)25-14-18(11-12-26)17-5-3-2-4-6-17/h2-10,13,18,26H,11-12,14H2,1H3,(H,25,27)/b15-13+. The molecule has 0 aliphatic heterocycles. The van der Waals surface area contributed by atoms with Gasteiger partial charge in [0.2, 0.25) is 5.91 Å². The maximum Gasteiger partial charge on any atom is 0.416 e. The number of allylic oxidation sites excluding steroid dienone is 1. The van der Waals surface area contributed by atoms with Gasteiger partial charge in [0.05, 0.1) is 5.56 Å². The fourth-order valence-corrected chi connectivity index (χ4v) is 2.74. The van der Waals surface area contributed by atoms with Crippen LogP contribution in [0.15, 0.2) is 60.7 Å². The lowest BCUT2D eigenvalue weighted by Crippen LogP contribution is -2.27. The quantitative estimate of drug-likeness (QED) is 0.703. The first-order chi connectivity index (χ1) is 12.8. The molecule has 27 heavy (non-hydrogen) atoms. The molecule has 2 aromatic rings. The van der Waals surface area contributed by atoms with Gasteiger partial charge in [0.25, 0.3) is 0 Å². The molecule has 0 bridgehead atoms. The first-order valence-corrected chi connectivity index (χ1v) is 8.61. The molecule has 2 rings (SSSR count). The lowest BCUT2D eigenvalue weighted by molar-refractivity contribution is -0.137. The monoisotopic (exact) mass is 377 g/mol. The molecule has 0 aromatic heterocycles. The summed E-state index contributed by atoms with van der Waals surface area (Å²) in [4.78, 5) is 12.2. The van der Waals surface area contributed by atoms with Crippen molar-refractivity contribution in [2.24, 2.45) is 0 Å². The lowest BCUT2D eigenvalue weighted by Gasteiger charge is -2.16. The average molecular weight is 377 g/mol. The molecule has 2 N–H and O–H groups in total. The first-order valence-electron chi connectivity index (χ1n) is 8.61. The minimum absolute atomic E-state index is 0.00977. The van der Waals surface area contributed by atoms with E-state index in [1.54, 1.807) is 6.92 Å². The van der Waals surface area contributed by atoms with Crippen LogP contribution in [0.2, 0.25) is 0 Å². The average Bonchev–Trinajstić information content (AvgIpc) is 2.65. The molecule has 0 saturated carbocycles. The molecule has 0 saturated heterocycles. The summed E-state index contributed by atoms with van der Waals surface area (Å²) in [5.41, 5.74) is 1.42. The van der Waals surface area contributed by atoms with Crippen molar-refractivity contribution >= 4 is 11.5 Å². The van der Waals surface area contributed by atoms with Crippen LogP contribution in [-0.4, -0.2) is 24.2 Å². The van der Waals surface area contributed by atoms with E-state index in [0.717, 1.165) is 17.7 Å². The van der Waals surface area contributed by atoms with Gasteiger partial charge in [-0.05, 0) is 42.2 Å². The van der Waals surface area contributed by atoms with E-state index in [4.69, 9.17) is 0 Å². The number of aliphatic hydroxyl groups is 1. The third-order valence-electron chi connectivity index (χ3n) is 4.29. The normalized spacial score (nSPS) is 13.3. The topological polar surface area (TPSA) is 49.3 Å². The van der Waals surface area contributed by atoms with Gasteiger partial charge in [-0.3, -0.25) is 4.79 Å². The van der Waals surface area contributed by atoms with Crippen LogP contribution in [0.3, 0.4) is 0 Å². The molecule has 1 atom stereocenters. The van der Waals surface area contributed by atoms with E-state index in [1.165, 1.54) is 18.2 Å². The zero-order valence-electron chi connectivity index (χ0n) is 15.0. The molecule has 6 heteroatoms. The highest BCUT2D eigenvalue weighted by molar-refractivity contribution is 5.94. The Kier molecular flexibility index (Phi) is 7.19. The van der Waals surface area contributed by atoms with Crippen LogP contribution in [0.1, 0.15) is 36.0 Å². The van der Waals surface area contributed by atoms with Crippen molar-refractivity contribution in [2.75, 3.05) is 13.2 Å². The van der Waals surface area contributed by atoms with E-state index in [0.29, 0.717) is 24.1 Å². The second-order valence-electron chi connectivity index (χ2n) is 6.27. The third kappa shape index (κ3) is 6.25. The molecule has 0 heterocycles. The fraction of sp³-hybridized carbons (Fsp3) is 0.286. The highest BCUT2D eigenvalue weighted by Crippen LogP contribution is 2.30. The number of benzene rings is 2. The Morgan fingerprint density at radius 3 is 2.30 bits per heavy atom. The number of carbonyl (C=O) groups excluding carboxylic acids is 1. The highest BCUT2D eigenvalue weighted by Gasteiger charge is 2.29. The Bertz CT molecular complexity index is 768. The van der Waals surface area contributed by atoms with Gasteiger partial charge in [0.1, 0.15) is 0 Å². The molecule has 0 aliphatic rings. The van der Waals surface area contributed by atoms with Crippen LogP contribution in [0.5, 0.6) is 0 Å². The number of alkyl halides is 3. The van der Waals surface area contributed by atoms with Crippen LogP contribution in [0, 0.1) is 0 Å². The first kappa shape index (κ1) is 20.7. The number of amides is 1. The fourth-order valence-electron chi connectivity index (χ4n) is 2.74. The molecule has 144 valence electrons. The van der Waals surface area contributed by atoms with Crippen LogP contribution in [-0.2, 0) is 11.0 Å². The number of rotatable bonds is 7. The van der Waals surface area contributed by atoms with Crippen LogP contribution >= 0.6 is 0 Å². The third-order valence-corrected chi connectivity index (χ3v) is 4.29. The maximum atomic E-state index is 12.6. The predicted octanol–water partition coefficient (Wildman–Crippen LogP) is 4.39. The van der Waals surface area contributed by atoms with Gasteiger partial charge in [-0.25, -0.2) is 0 Å². The number of aliphatic hydroxyl groups excluding tert-OH is 1.